The fraction of sp³-hybridized carbons (Fsp3) is 0.429. The molecule has 1 atom stereocenters. The summed E-state index contributed by atoms with van der Waals surface area (Å²) in [4.78, 5) is 4.16. The van der Waals surface area contributed by atoms with Crippen molar-refractivity contribution in [1.29, 1.82) is 0 Å². The van der Waals surface area contributed by atoms with E-state index in [0.717, 1.165) is 31.4 Å². The number of hydrogen-bond donors (Lipinski definition) is 0. The zero-order chi connectivity index (χ0) is 13.4. The van der Waals surface area contributed by atoms with Gasteiger partial charge >= 0.3 is 0 Å². The summed E-state index contributed by atoms with van der Waals surface area (Å²) in [5.74, 6) is -0.362. The smallest absolute Gasteiger partial charge is 0.161 e. The summed E-state index contributed by atoms with van der Waals surface area (Å²) in [5, 5.41) is 5.21. The highest BCUT2D eigenvalue weighted by atomic mass is 19.1. The second-order valence-corrected chi connectivity index (χ2v) is 4.92. The second-order valence-electron chi connectivity index (χ2n) is 4.92. The first-order chi connectivity index (χ1) is 9.16. The maximum absolute atomic E-state index is 13.4. The van der Waals surface area contributed by atoms with Crippen molar-refractivity contribution >= 4 is 16.6 Å². The number of rotatable bonds is 2. The molecule has 0 aliphatic carbocycles. The molecule has 1 aliphatic heterocycles. The molecule has 0 N–H and O–H groups in total. The third kappa shape index (κ3) is 2.14. The molecule has 0 bridgehead atoms. The predicted molar refractivity (Wildman–Crippen MR) is 71.0 cm³/mol. The van der Waals surface area contributed by atoms with Gasteiger partial charge in [0, 0.05) is 12.0 Å². The molecule has 1 unspecified atom stereocenters. The quantitative estimate of drug-likeness (QED) is 0.832. The molecule has 3 heterocycles. The van der Waals surface area contributed by atoms with E-state index in [1.165, 1.54) is 12.3 Å². The standard InChI is InChI=1S/C14H16FN3O/c1-9(2)13-11-7-10(15)8-16-14(11)18(17-13)12-5-3-4-6-19-12/h7-8,12H,1,3-6H2,2H3. The summed E-state index contributed by atoms with van der Waals surface area (Å²) in [5.41, 5.74) is 2.15. The van der Waals surface area contributed by atoms with Gasteiger partial charge in [0.25, 0.3) is 0 Å². The maximum Gasteiger partial charge on any atom is 0.161 e. The molecule has 1 saturated heterocycles. The van der Waals surface area contributed by atoms with Crippen molar-refractivity contribution in [2.24, 2.45) is 0 Å². The van der Waals surface area contributed by atoms with Crippen LogP contribution in [0.5, 0.6) is 0 Å². The Morgan fingerprint density at radius 1 is 1.53 bits per heavy atom. The van der Waals surface area contributed by atoms with Gasteiger partial charge in [-0.15, -0.1) is 0 Å². The third-order valence-electron chi connectivity index (χ3n) is 3.35. The molecule has 3 rings (SSSR count). The van der Waals surface area contributed by atoms with Crippen molar-refractivity contribution in [3.8, 4) is 0 Å². The van der Waals surface area contributed by atoms with Gasteiger partial charge in [-0.05, 0) is 37.8 Å². The van der Waals surface area contributed by atoms with Gasteiger partial charge in [0.15, 0.2) is 11.9 Å². The van der Waals surface area contributed by atoms with E-state index in [1.807, 2.05) is 6.92 Å². The van der Waals surface area contributed by atoms with Gasteiger partial charge in [-0.1, -0.05) is 6.58 Å². The Balaban J connectivity index is 2.16. The minimum Gasteiger partial charge on any atom is -0.356 e. The van der Waals surface area contributed by atoms with E-state index >= 15 is 0 Å². The maximum atomic E-state index is 13.4. The predicted octanol–water partition coefficient (Wildman–Crippen LogP) is 3.30. The summed E-state index contributed by atoms with van der Waals surface area (Å²) in [6, 6.07) is 1.46. The van der Waals surface area contributed by atoms with Gasteiger partial charge in [0.05, 0.1) is 11.9 Å². The van der Waals surface area contributed by atoms with Crippen molar-refractivity contribution in [1.82, 2.24) is 14.8 Å². The van der Waals surface area contributed by atoms with Crippen LogP contribution in [0.25, 0.3) is 16.6 Å². The molecule has 100 valence electrons. The van der Waals surface area contributed by atoms with Crippen molar-refractivity contribution in [3.63, 3.8) is 0 Å². The number of pyridine rings is 1. The number of halogens is 1. The van der Waals surface area contributed by atoms with Crippen molar-refractivity contribution < 1.29 is 9.13 Å². The van der Waals surface area contributed by atoms with Crippen molar-refractivity contribution in [2.45, 2.75) is 32.4 Å². The fourth-order valence-electron chi connectivity index (χ4n) is 2.43. The van der Waals surface area contributed by atoms with Gasteiger partial charge in [0.2, 0.25) is 0 Å². The van der Waals surface area contributed by atoms with Crippen LogP contribution in [0.2, 0.25) is 0 Å². The van der Waals surface area contributed by atoms with Gasteiger partial charge < -0.3 is 4.74 Å². The van der Waals surface area contributed by atoms with Crippen LogP contribution < -0.4 is 0 Å². The Bertz CT molecular complexity index is 629. The Morgan fingerprint density at radius 2 is 2.37 bits per heavy atom. The minimum absolute atomic E-state index is 0.109. The van der Waals surface area contributed by atoms with Gasteiger partial charge in [-0.25, -0.2) is 14.1 Å². The molecule has 0 aromatic carbocycles. The second kappa shape index (κ2) is 4.74. The average Bonchev–Trinajstić information content (AvgIpc) is 2.78. The van der Waals surface area contributed by atoms with Crippen LogP contribution in [-0.4, -0.2) is 21.4 Å². The molecule has 1 aliphatic rings. The van der Waals surface area contributed by atoms with Gasteiger partial charge in [-0.3, -0.25) is 0 Å². The molecule has 4 nitrogen and oxygen atoms in total. The topological polar surface area (TPSA) is 39.9 Å². The Morgan fingerprint density at radius 3 is 3.05 bits per heavy atom. The lowest BCUT2D eigenvalue weighted by Crippen LogP contribution is -2.19. The van der Waals surface area contributed by atoms with E-state index in [1.54, 1.807) is 4.68 Å². The van der Waals surface area contributed by atoms with Crippen LogP contribution in [-0.2, 0) is 4.74 Å². The summed E-state index contributed by atoms with van der Waals surface area (Å²) in [6.45, 7) is 6.49. The molecule has 0 amide bonds. The highest BCUT2D eigenvalue weighted by molar-refractivity contribution is 5.87. The first-order valence-electron chi connectivity index (χ1n) is 6.48. The fourth-order valence-corrected chi connectivity index (χ4v) is 2.43. The molecule has 2 aromatic rings. The molecule has 0 saturated carbocycles. The van der Waals surface area contributed by atoms with E-state index in [4.69, 9.17) is 4.74 Å². The highest BCUT2D eigenvalue weighted by Gasteiger charge is 2.22. The first-order valence-corrected chi connectivity index (χ1v) is 6.48. The summed E-state index contributed by atoms with van der Waals surface area (Å²) >= 11 is 0. The highest BCUT2D eigenvalue weighted by Crippen LogP contribution is 2.29. The first kappa shape index (κ1) is 12.3. The van der Waals surface area contributed by atoms with Gasteiger partial charge in [-0.2, -0.15) is 5.10 Å². The molecule has 0 radical (unpaired) electrons. The van der Waals surface area contributed by atoms with Crippen LogP contribution in [0.3, 0.4) is 0 Å². The lowest BCUT2D eigenvalue weighted by molar-refractivity contribution is -0.0370. The summed E-state index contributed by atoms with van der Waals surface area (Å²) in [6.07, 6.45) is 4.19. The molecular weight excluding hydrogens is 245 g/mol. The van der Waals surface area contributed by atoms with E-state index in [0.29, 0.717) is 16.7 Å². The van der Waals surface area contributed by atoms with Crippen molar-refractivity contribution in [3.05, 3.63) is 30.4 Å². The zero-order valence-electron chi connectivity index (χ0n) is 10.9. The number of fused-ring (bicyclic) bond motifs is 1. The number of aromatic nitrogens is 3. The van der Waals surface area contributed by atoms with Crippen LogP contribution in [0.4, 0.5) is 4.39 Å². The average molecular weight is 261 g/mol. The number of allylic oxidation sites excluding steroid dienone is 1. The Hall–Kier alpha value is -1.75. The SMILES string of the molecule is C=C(C)c1nn(C2CCCCO2)c2ncc(F)cc12. The van der Waals surface area contributed by atoms with E-state index in [-0.39, 0.29) is 12.0 Å². The van der Waals surface area contributed by atoms with Crippen LogP contribution >= 0.6 is 0 Å². The Labute approximate surface area is 110 Å². The largest absolute Gasteiger partial charge is 0.356 e. The zero-order valence-corrected chi connectivity index (χ0v) is 10.9. The number of ether oxygens (including phenoxy) is 1. The van der Waals surface area contributed by atoms with E-state index < -0.39 is 0 Å². The number of nitrogens with zero attached hydrogens (tertiary/aromatic N) is 3. The van der Waals surface area contributed by atoms with E-state index in [9.17, 15) is 4.39 Å². The molecule has 19 heavy (non-hydrogen) atoms. The molecule has 5 heteroatoms. The third-order valence-corrected chi connectivity index (χ3v) is 3.35. The van der Waals surface area contributed by atoms with E-state index in [2.05, 4.69) is 16.7 Å². The summed E-state index contributed by atoms with van der Waals surface area (Å²) < 4.78 is 20.9. The lowest BCUT2D eigenvalue weighted by Gasteiger charge is -2.22. The van der Waals surface area contributed by atoms with Gasteiger partial charge in [0.1, 0.15) is 5.82 Å². The molecule has 0 spiro atoms. The Kier molecular flexibility index (Phi) is 3.06. The molecule has 1 fully saturated rings. The molecule has 2 aromatic heterocycles. The van der Waals surface area contributed by atoms with Crippen LogP contribution in [0.15, 0.2) is 18.8 Å². The molecular formula is C14H16FN3O. The van der Waals surface area contributed by atoms with Crippen LogP contribution in [0.1, 0.15) is 38.1 Å². The lowest BCUT2D eigenvalue weighted by atomic mass is 10.1. The normalized spacial score (nSPS) is 19.8. The minimum atomic E-state index is -0.362. The monoisotopic (exact) mass is 261 g/mol. The summed E-state index contributed by atoms with van der Waals surface area (Å²) in [7, 11) is 0. The van der Waals surface area contributed by atoms with Crippen molar-refractivity contribution in [2.75, 3.05) is 6.61 Å². The van der Waals surface area contributed by atoms with Crippen LogP contribution in [0, 0.1) is 5.82 Å². The number of hydrogen-bond acceptors (Lipinski definition) is 3.